The lowest BCUT2D eigenvalue weighted by Crippen LogP contribution is -2.05. The molecular formula is C16H16IN3. The van der Waals surface area contributed by atoms with E-state index in [1.165, 1.54) is 22.1 Å². The maximum atomic E-state index is 8.90. The fourth-order valence-electron chi connectivity index (χ4n) is 2.42. The molecule has 0 bridgehead atoms. The SMILES string of the molecule is CC(C)n1nc(-c2ccc(C#N)cc2)c(C2CC2)c1I. The van der Waals surface area contributed by atoms with E-state index in [1.807, 2.05) is 24.3 Å². The first-order valence-corrected chi connectivity index (χ1v) is 7.98. The Balaban J connectivity index is 2.12. The highest BCUT2D eigenvalue weighted by molar-refractivity contribution is 14.1. The van der Waals surface area contributed by atoms with Gasteiger partial charge in [-0.05, 0) is 67.3 Å². The number of benzene rings is 1. The molecule has 1 heterocycles. The molecule has 1 fully saturated rings. The molecule has 4 heteroatoms. The van der Waals surface area contributed by atoms with E-state index in [4.69, 9.17) is 10.4 Å². The number of rotatable bonds is 3. The van der Waals surface area contributed by atoms with Crippen LogP contribution >= 0.6 is 22.6 Å². The quantitative estimate of drug-likeness (QED) is 0.740. The lowest BCUT2D eigenvalue weighted by molar-refractivity contribution is 0.521. The van der Waals surface area contributed by atoms with Crippen molar-refractivity contribution in [3.05, 3.63) is 39.1 Å². The van der Waals surface area contributed by atoms with Crippen LogP contribution in [0.25, 0.3) is 11.3 Å². The van der Waals surface area contributed by atoms with Crippen LogP contribution in [0.15, 0.2) is 24.3 Å². The van der Waals surface area contributed by atoms with E-state index in [9.17, 15) is 0 Å². The molecule has 1 saturated carbocycles. The minimum atomic E-state index is 0.367. The fourth-order valence-corrected chi connectivity index (χ4v) is 3.78. The van der Waals surface area contributed by atoms with Gasteiger partial charge in [-0.25, -0.2) is 0 Å². The topological polar surface area (TPSA) is 41.6 Å². The van der Waals surface area contributed by atoms with Crippen LogP contribution in [0.4, 0.5) is 0 Å². The third kappa shape index (κ3) is 2.35. The molecule has 0 radical (unpaired) electrons. The van der Waals surface area contributed by atoms with Gasteiger partial charge in [0.15, 0.2) is 0 Å². The summed E-state index contributed by atoms with van der Waals surface area (Å²) in [5.74, 6) is 0.667. The van der Waals surface area contributed by atoms with Crippen molar-refractivity contribution in [3.63, 3.8) is 0 Å². The highest BCUT2D eigenvalue weighted by atomic mass is 127. The zero-order valence-corrected chi connectivity index (χ0v) is 13.8. The van der Waals surface area contributed by atoms with Crippen molar-refractivity contribution in [1.29, 1.82) is 5.26 Å². The Morgan fingerprint density at radius 2 is 1.95 bits per heavy atom. The van der Waals surface area contributed by atoms with Crippen LogP contribution in [0.2, 0.25) is 0 Å². The lowest BCUT2D eigenvalue weighted by atomic mass is 10.0. The second kappa shape index (κ2) is 5.21. The molecule has 0 aliphatic heterocycles. The molecule has 0 amide bonds. The van der Waals surface area contributed by atoms with E-state index in [0.29, 0.717) is 17.5 Å². The average Bonchev–Trinajstić information content (AvgIpc) is 3.22. The highest BCUT2D eigenvalue weighted by Gasteiger charge is 2.32. The molecule has 20 heavy (non-hydrogen) atoms. The first-order chi connectivity index (χ1) is 9.61. The van der Waals surface area contributed by atoms with Crippen molar-refractivity contribution in [3.8, 4) is 17.3 Å². The van der Waals surface area contributed by atoms with Gasteiger partial charge in [0.05, 0.1) is 17.3 Å². The number of aromatic nitrogens is 2. The van der Waals surface area contributed by atoms with Crippen LogP contribution in [0, 0.1) is 15.0 Å². The minimum absolute atomic E-state index is 0.367. The normalized spacial score (nSPS) is 14.6. The van der Waals surface area contributed by atoms with Gasteiger partial charge in [-0.15, -0.1) is 0 Å². The zero-order valence-electron chi connectivity index (χ0n) is 11.6. The first kappa shape index (κ1) is 13.6. The Bertz CT molecular complexity index is 673. The molecule has 0 saturated heterocycles. The van der Waals surface area contributed by atoms with E-state index in [1.54, 1.807) is 0 Å². The van der Waals surface area contributed by atoms with Crippen molar-refractivity contribution in [2.24, 2.45) is 0 Å². The van der Waals surface area contributed by atoms with E-state index in [-0.39, 0.29) is 0 Å². The summed E-state index contributed by atoms with van der Waals surface area (Å²) in [5.41, 5.74) is 4.29. The molecule has 1 aliphatic carbocycles. The Kier molecular flexibility index (Phi) is 3.55. The molecule has 102 valence electrons. The van der Waals surface area contributed by atoms with Crippen molar-refractivity contribution >= 4 is 22.6 Å². The molecule has 0 atom stereocenters. The standard InChI is InChI=1S/C16H16IN3/c1-10(2)20-16(17)14(12-7-8-12)15(19-20)13-5-3-11(9-18)4-6-13/h3-6,10,12H,7-8H2,1-2H3. The summed E-state index contributed by atoms with van der Waals surface area (Å²) >= 11 is 2.42. The third-order valence-corrected chi connectivity index (χ3v) is 4.72. The number of nitrogens with zero attached hydrogens (tertiary/aromatic N) is 3. The number of nitriles is 1. The van der Waals surface area contributed by atoms with Crippen LogP contribution in [0.5, 0.6) is 0 Å². The lowest BCUT2D eigenvalue weighted by Gasteiger charge is -2.06. The molecule has 3 nitrogen and oxygen atoms in total. The third-order valence-electron chi connectivity index (χ3n) is 3.65. The largest absolute Gasteiger partial charge is 0.256 e. The molecular weight excluding hydrogens is 361 g/mol. The van der Waals surface area contributed by atoms with Gasteiger partial charge in [0.1, 0.15) is 3.70 Å². The Labute approximate surface area is 132 Å². The summed E-state index contributed by atoms with van der Waals surface area (Å²) in [7, 11) is 0. The predicted molar refractivity (Wildman–Crippen MR) is 87.5 cm³/mol. The fraction of sp³-hybridized carbons (Fsp3) is 0.375. The molecule has 1 aliphatic rings. The predicted octanol–water partition coefficient (Wildman–Crippen LogP) is 4.48. The maximum absolute atomic E-state index is 8.90. The summed E-state index contributed by atoms with van der Waals surface area (Å²) in [6, 6.07) is 10.3. The summed E-state index contributed by atoms with van der Waals surface area (Å²) in [5, 5.41) is 13.7. The zero-order chi connectivity index (χ0) is 14.3. The minimum Gasteiger partial charge on any atom is -0.256 e. The maximum Gasteiger partial charge on any atom is 0.103 e. The molecule has 2 aromatic rings. The molecule has 0 spiro atoms. The Morgan fingerprint density at radius 1 is 1.30 bits per heavy atom. The average molecular weight is 377 g/mol. The summed E-state index contributed by atoms with van der Waals surface area (Å²) in [6.45, 7) is 4.32. The summed E-state index contributed by atoms with van der Waals surface area (Å²) in [6.07, 6.45) is 2.53. The van der Waals surface area contributed by atoms with Crippen molar-refractivity contribution in [2.45, 2.75) is 38.6 Å². The van der Waals surface area contributed by atoms with Crippen LogP contribution < -0.4 is 0 Å². The molecule has 0 N–H and O–H groups in total. The first-order valence-electron chi connectivity index (χ1n) is 6.90. The Hall–Kier alpha value is -1.35. The number of halogens is 1. The van der Waals surface area contributed by atoms with Gasteiger partial charge in [-0.1, -0.05) is 12.1 Å². The van der Waals surface area contributed by atoms with Crippen LogP contribution in [-0.4, -0.2) is 9.78 Å². The number of hydrogen-bond donors (Lipinski definition) is 0. The van der Waals surface area contributed by atoms with Crippen LogP contribution in [-0.2, 0) is 0 Å². The summed E-state index contributed by atoms with van der Waals surface area (Å²) < 4.78 is 3.38. The monoisotopic (exact) mass is 377 g/mol. The summed E-state index contributed by atoms with van der Waals surface area (Å²) in [4.78, 5) is 0. The molecule has 0 unspecified atom stereocenters. The number of hydrogen-bond acceptors (Lipinski definition) is 2. The van der Waals surface area contributed by atoms with Gasteiger partial charge in [0, 0.05) is 17.2 Å². The van der Waals surface area contributed by atoms with E-state index >= 15 is 0 Å². The van der Waals surface area contributed by atoms with Gasteiger partial charge in [-0.3, -0.25) is 4.68 Å². The smallest absolute Gasteiger partial charge is 0.103 e. The van der Waals surface area contributed by atoms with Crippen molar-refractivity contribution in [2.75, 3.05) is 0 Å². The van der Waals surface area contributed by atoms with Gasteiger partial charge in [0.2, 0.25) is 0 Å². The van der Waals surface area contributed by atoms with Crippen LogP contribution in [0.3, 0.4) is 0 Å². The molecule has 1 aromatic carbocycles. The van der Waals surface area contributed by atoms with Crippen LogP contribution in [0.1, 0.15) is 49.8 Å². The molecule has 1 aromatic heterocycles. The second-order valence-electron chi connectivity index (χ2n) is 5.55. The van der Waals surface area contributed by atoms with E-state index in [2.05, 4.69) is 47.2 Å². The Morgan fingerprint density at radius 3 is 2.45 bits per heavy atom. The van der Waals surface area contributed by atoms with Crippen molar-refractivity contribution in [1.82, 2.24) is 9.78 Å². The highest BCUT2D eigenvalue weighted by Crippen LogP contribution is 2.46. The van der Waals surface area contributed by atoms with Crippen molar-refractivity contribution < 1.29 is 0 Å². The van der Waals surface area contributed by atoms with Gasteiger partial charge >= 0.3 is 0 Å². The van der Waals surface area contributed by atoms with E-state index in [0.717, 1.165) is 11.3 Å². The van der Waals surface area contributed by atoms with Gasteiger partial charge in [-0.2, -0.15) is 10.4 Å². The van der Waals surface area contributed by atoms with Gasteiger partial charge in [0.25, 0.3) is 0 Å². The van der Waals surface area contributed by atoms with Gasteiger partial charge < -0.3 is 0 Å². The second-order valence-corrected chi connectivity index (χ2v) is 6.58. The van der Waals surface area contributed by atoms with E-state index < -0.39 is 0 Å². The molecule has 3 rings (SSSR count).